The topological polar surface area (TPSA) is 110 Å². The Morgan fingerprint density at radius 2 is 1.44 bits per heavy atom. The second-order valence-electron chi connectivity index (χ2n) is 7.40. The average molecular weight is 357 g/mol. The molecule has 0 aliphatic carbocycles. The van der Waals surface area contributed by atoms with E-state index in [1.165, 1.54) is 0 Å². The Bertz CT molecular complexity index is 500. The Morgan fingerprint density at radius 3 is 1.68 bits per heavy atom. The molecule has 0 aromatic rings. The van der Waals surface area contributed by atoms with Gasteiger partial charge < -0.3 is 19.4 Å². The van der Waals surface area contributed by atoms with Gasteiger partial charge in [-0.05, 0) is 41.5 Å². The summed E-state index contributed by atoms with van der Waals surface area (Å²) in [6, 6.07) is -1.31. The SMILES string of the molecule is C=C[C@@H]([C@H](CC=O)C(=O)O)N(C(=O)OC(C)(C)C)C(=O)OC(C)(C)C. The number of amides is 2. The molecule has 0 radical (unpaired) electrons. The van der Waals surface area contributed by atoms with E-state index in [0.717, 1.165) is 6.08 Å². The molecule has 8 heteroatoms. The summed E-state index contributed by atoms with van der Waals surface area (Å²) >= 11 is 0. The molecule has 2 amide bonds. The molecule has 0 aromatic carbocycles. The second-order valence-corrected chi connectivity index (χ2v) is 7.40. The zero-order valence-corrected chi connectivity index (χ0v) is 15.6. The smallest absolute Gasteiger partial charge is 0.420 e. The summed E-state index contributed by atoms with van der Waals surface area (Å²) in [7, 11) is 0. The number of aldehydes is 1. The molecule has 0 unspecified atom stereocenters. The molecule has 0 bridgehead atoms. The van der Waals surface area contributed by atoms with Crippen molar-refractivity contribution in [3.63, 3.8) is 0 Å². The monoisotopic (exact) mass is 357 g/mol. The van der Waals surface area contributed by atoms with E-state index in [4.69, 9.17) is 9.47 Å². The quantitative estimate of drug-likeness (QED) is 0.574. The van der Waals surface area contributed by atoms with Gasteiger partial charge in [0.2, 0.25) is 0 Å². The summed E-state index contributed by atoms with van der Waals surface area (Å²) in [5, 5.41) is 9.35. The number of hydrogen-bond donors (Lipinski definition) is 1. The highest BCUT2D eigenvalue weighted by Gasteiger charge is 2.41. The number of hydrogen-bond acceptors (Lipinski definition) is 6. The lowest BCUT2D eigenvalue weighted by atomic mass is 9.95. The Labute approximate surface area is 147 Å². The van der Waals surface area contributed by atoms with Crippen LogP contribution in [0.5, 0.6) is 0 Å². The molecular formula is C17H27NO7. The number of carboxylic acids is 1. The number of rotatable bonds is 6. The van der Waals surface area contributed by atoms with Crippen molar-refractivity contribution in [1.82, 2.24) is 4.90 Å². The van der Waals surface area contributed by atoms with Crippen molar-refractivity contribution in [1.29, 1.82) is 0 Å². The van der Waals surface area contributed by atoms with Crippen LogP contribution in [0.1, 0.15) is 48.0 Å². The van der Waals surface area contributed by atoms with Gasteiger partial charge in [0.25, 0.3) is 0 Å². The Hall–Kier alpha value is -2.38. The first-order valence-electron chi connectivity index (χ1n) is 7.77. The highest BCUT2D eigenvalue weighted by molar-refractivity contribution is 5.90. The largest absolute Gasteiger partial charge is 0.481 e. The van der Waals surface area contributed by atoms with E-state index >= 15 is 0 Å². The van der Waals surface area contributed by atoms with Crippen LogP contribution in [0.25, 0.3) is 0 Å². The van der Waals surface area contributed by atoms with E-state index in [0.29, 0.717) is 11.2 Å². The summed E-state index contributed by atoms with van der Waals surface area (Å²) in [6.45, 7) is 13.1. The lowest BCUT2D eigenvalue weighted by Gasteiger charge is -2.34. The molecular weight excluding hydrogens is 330 g/mol. The molecule has 0 aliphatic heterocycles. The van der Waals surface area contributed by atoms with Gasteiger partial charge in [-0.2, -0.15) is 0 Å². The third-order valence-corrected chi connectivity index (χ3v) is 2.80. The number of carbonyl (C=O) groups excluding carboxylic acids is 3. The van der Waals surface area contributed by atoms with Crippen molar-refractivity contribution in [3.05, 3.63) is 12.7 Å². The molecule has 0 heterocycles. The first kappa shape index (κ1) is 22.6. The standard InChI is InChI=1S/C17H27NO7/c1-8-12(11(9-10-19)13(20)21)18(14(22)24-16(2,3)4)15(23)25-17(5,6)7/h8,10-12H,1,9H2,2-7H3,(H,20,21)/t11-,12-/m0/s1. The molecule has 25 heavy (non-hydrogen) atoms. The Kier molecular flexibility index (Phi) is 7.82. The van der Waals surface area contributed by atoms with E-state index in [2.05, 4.69) is 6.58 Å². The fourth-order valence-corrected chi connectivity index (χ4v) is 1.88. The molecule has 0 fully saturated rings. The summed E-state index contributed by atoms with van der Waals surface area (Å²) in [6.07, 6.45) is -1.06. The molecule has 0 saturated carbocycles. The molecule has 1 N–H and O–H groups in total. The van der Waals surface area contributed by atoms with Crippen molar-refractivity contribution < 1.29 is 33.8 Å². The lowest BCUT2D eigenvalue weighted by Crippen LogP contribution is -2.52. The minimum atomic E-state index is -1.37. The van der Waals surface area contributed by atoms with E-state index in [1.54, 1.807) is 41.5 Å². The summed E-state index contributed by atoms with van der Waals surface area (Å²) in [4.78, 5) is 47.8. The van der Waals surface area contributed by atoms with Gasteiger partial charge in [-0.25, -0.2) is 14.5 Å². The van der Waals surface area contributed by atoms with E-state index in [9.17, 15) is 24.3 Å². The third-order valence-electron chi connectivity index (χ3n) is 2.80. The van der Waals surface area contributed by atoms with Crippen LogP contribution in [0.4, 0.5) is 9.59 Å². The minimum Gasteiger partial charge on any atom is -0.481 e. The number of carbonyl (C=O) groups is 4. The number of carboxylic acid groups (broad SMARTS) is 1. The van der Waals surface area contributed by atoms with Gasteiger partial charge in [0.15, 0.2) is 0 Å². The number of ether oxygens (including phenoxy) is 2. The van der Waals surface area contributed by atoms with E-state index in [-0.39, 0.29) is 0 Å². The number of imide groups is 1. The third kappa shape index (κ3) is 7.82. The fraction of sp³-hybridized carbons (Fsp3) is 0.647. The lowest BCUT2D eigenvalue weighted by molar-refractivity contribution is -0.144. The Balaban J connectivity index is 5.92. The van der Waals surface area contributed by atoms with Crippen LogP contribution in [-0.4, -0.2) is 51.7 Å². The summed E-state index contributed by atoms with van der Waals surface area (Å²) < 4.78 is 10.4. The van der Waals surface area contributed by atoms with Crippen molar-refractivity contribution in [2.24, 2.45) is 5.92 Å². The van der Waals surface area contributed by atoms with Crippen molar-refractivity contribution in [2.75, 3.05) is 0 Å². The number of nitrogens with zero attached hydrogens (tertiary/aromatic N) is 1. The molecule has 2 atom stereocenters. The van der Waals surface area contributed by atoms with Crippen LogP contribution >= 0.6 is 0 Å². The molecule has 0 rings (SSSR count). The zero-order chi connectivity index (χ0) is 20.0. The second kappa shape index (κ2) is 8.64. The average Bonchev–Trinajstić information content (AvgIpc) is 2.37. The molecule has 0 spiro atoms. The first-order valence-corrected chi connectivity index (χ1v) is 7.77. The normalized spacial score (nSPS) is 14.0. The molecule has 0 aliphatic rings. The van der Waals surface area contributed by atoms with Crippen molar-refractivity contribution in [2.45, 2.75) is 65.2 Å². The van der Waals surface area contributed by atoms with E-state index in [1.807, 2.05) is 0 Å². The van der Waals surface area contributed by atoms with Gasteiger partial charge in [-0.1, -0.05) is 6.08 Å². The molecule has 0 aromatic heterocycles. The number of aliphatic carboxylic acids is 1. The van der Waals surface area contributed by atoms with Crippen LogP contribution < -0.4 is 0 Å². The van der Waals surface area contributed by atoms with Crippen LogP contribution in [0.15, 0.2) is 12.7 Å². The van der Waals surface area contributed by atoms with Crippen LogP contribution in [-0.2, 0) is 19.1 Å². The van der Waals surface area contributed by atoms with E-state index < -0.39 is 47.7 Å². The maximum atomic E-state index is 12.5. The minimum absolute atomic E-state index is 0.400. The first-order chi connectivity index (χ1) is 11.2. The van der Waals surface area contributed by atoms with Gasteiger partial charge in [-0.15, -0.1) is 6.58 Å². The van der Waals surface area contributed by atoms with Crippen LogP contribution in [0, 0.1) is 5.92 Å². The van der Waals surface area contributed by atoms with Crippen LogP contribution in [0.3, 0.4) is 0 Å². The fourth-order valence-electron chi connectivity index (χ4n) is 1.88. The van der Waals surface area contributed by atoms with Crippen molar-refractivity contribution in [3.8, 4) is 0 Å². The van der Waals surface area contributed by atoms with Gasteiger partial charge in [0.1, 0.15) is 17.5 Å². The van der Waals surface area contributed by atoms with Crippen molar-refractivity contribution >= 4 is 24.4 Å². The Morgan fingerprint density at radius 1 is 1.04 bits per heavy atom. The zero-order valence-electron chi connectivity index (χ0n) is 15.6. The summed E-state index contributed by atoms with van der Waals surface area (Å²) in [5.74, 6) is -2.72. The summed E-state index contributed by atoms with van der Waals surface area (Å²) in [5.41, 5.74) is -1.85. The molecule has 142 valence electrons. The van der Waals surface area contributed by atoms with Gasteiger partial charge in [0, 0.05) is 6.42 Å². The molecule has 8 nitrogen and oxygen atoms in total. The molecule has 0 saturated heterocycles. The highest BCUT2D eigenvalue weighted by Crippen LogP contribution is 2.22. The van der Waals surface area contributed by atoms with Gasteiger partial charge >= 0.3 is 18.2 Å². The van der Waals surface area contributed by atoms with Crippen LogP contribution in [0.2, 0.25) is 0 Å². The maximum Gasteiger partial charge on any atom is 0.420 e. The van der Waals surface area contributed by atoms with Gasteiger partial charge in [0.05, 0.1) is 12.0 Å². The predicted molar refractivity (Wildman–Crippen MR) is 90.1 cm³/mol. The highest BCUT2D eigenvalue weighted by atomic mass is 16.6. The maximum absolute atomic E-state index is 12.5. The van der Waals surface area contributed by atoms with Gasteiger partial charge in [-0.3, -0.25) is 4.79 Å². The predicted octanol–water partition coefficient (Wildman–Crippen LogP) is 3.00.